The van der Waals surface area contributed by atoms with Crippen molar-refractivity contribution in [3.8, 4) is 5.75 Å². The highest BCUT2D eigenvalue weighted by molar-refractivity contribution is 7.99. The van der Waals surface area contributed by atoms with Gasteiger partial charge in [-0.1, -0.05) is 18.2 Å². The molecule has 0 radical (unpaired) electrons. The predicted octanol–water partition coefficient (Wildman–Crippen LogP) is 2.42. The molecule has 1 atom stereocenters. The molecule has 3 heteroatoms. The Morgan fingerprint density at radius 2 is 2.25 bits per heavy atom. The van der Waals surface area contributed by atoms with Crippen LogP contribution in [-0.4, -0.2) is 29.2 Å². The number of benzene rings is 1. The Morgan fingerprint density at radius 3 is 3.00 bits per heavy atom. The summed E-state index contributed by atoms with van der Waals surface area (Å²) in [7, 11) is 0. The average Bonchev–Trinajstić information content (AvgIpc) is 2.33. The van der Waals surface area contributed by atoms with Gasteiger partial charge in [0.1, 0.15) is 5.75 Å². The maximum atomic E-state index is 9.62. The third-order valence-corrected chi connectivity index (χ3v) is 4.19. The highest BCUT2D eigenvalue weighted by Crippen LogP contribution is 2.18. The minimum atomic E-state index is 0.419. The first-order valence-electron chi connectivity index (χ1n) is 5.94. The maximum Gasteiger partial charge on any atom is 0.118 e. The summed E-state index contributed by atoms with van der Waals surface area (Å²) < 4.78 is 0. The van der Waals surface area contributed by atoms with Gasteiger partial charge in [-0.3, -0.25) is 0 Å². The first-order valence-corrected chi connectivity index (χ1v) is 7.10. The summed E-state index contributed by atoms with van der Waals surface area (Å²) in [5.74, 6) is 2.97. The van der Waals surface area contributed by atoms with Gasteiger partial charge in [0.25, 0.3) is 0 Å². The van der Waals surface area contributed by atoms with E-state index < -0.39 is 0 Å². The van der Waals surface area contributed by atoms with Crippen molar-refractivity contribution in [2.75, 3.05) is 18.1 Å². The van der Waals surface area contributed by atoms with E-state index in [-0.39, 0.29) is 0 Å². The van der Waals surface area contributed by atoms with E-state index >= 15 is 0 Å². The summed E-state index contributed by atoms with van der Waals surface area (Å²) in [6, 6.07) is 8.26. The van der Waals surface area contributed by atoms with Crippen molar-refractivity contribution in [3.63, 3.8) is 0 Å². The predicted molar refractivity (Wildman–Crippen MR) is 70.2 cm³/mol. The topological polar surface area (TPSA) is 32.3 Å². The van der Waals surface area contributed by atoms with Gasteiger partial charge in [-0.05, 0) is 43.2 Å². The zero-order valence-electron chi connectivity index (χ0n) is 9.48. The van der Waals surface area contributed by atoms with Crippen molar-refractivity contribution >= 4 is 11.8 Å². The number of phenolic OH excluding ortho intramolecular Hbond substituents is 1. The van der Waals surface area contributed by atoms with Crippen molar-refractivity contribution < 1.29 is 5.11 Å². The third kappa shape index (κ3) is 3.42. The van der Waals surface area contributed by atoms with Crippen LogP contribution in [0.3, 0.4) is 0 Å². The van der Waals surface area contributed by atoms with Gasteiger partial charge in [0, 0.05) is 11.8 Å². The standard InChI is InChI=1S/C13H19NOS/c15-13-6-2-1-4-11(13)7-8-14-12-5-3-9-16-10-12/h1-2,4,6,12,14-15H,3,5,7-10H2. The lowest BCUT2D eigenvalue weighted by molar-refractivity contribution is 0.462. The lowest BCUT2D eigenvalue weighted by atomic mass is 10.1. The highest BCUT2D eigenvalue weighted by Gasteiger charge is 2.12. The second-order valence-corrected chi connectivity index (χ2v) is 5.40. The molecule has 1 aromatic rings. The van der Waals surface area contributed by atoms with E-state index in [0.717, 1.165) is 18.5 Å². The van der Waals surface area contributed by atoms with E-state index in [1.807, 2.05) is 30.0 Å². The fraction of sp³-hybridized carbons (Fsp3) is 0.538. The molecule has 0 saturated carbocycles. The Kier molecular flexibility index (Phi) is 4.55. The molecule has 1 heterocycles. The van der Waals surface area contributed by atoms with Crippen LogP contribution in [0.4, 0.5) is 0 Å². The lowest BCUT2D eigenvalue weighted by Crippen LogP contribution is -2.35. The lowest BCUT2D eigenvalue weighted by Gasteiger charge is -2.22. The zero-order valence-corrected chi connectivity index (χ0v) is 10.3. The van der Waals surface area contributed by atoms with E-state index in [9.17, 15) is 5.11 Å². The Labute approximate surface area is 101 Å². The molecule has 1 unspecified atom stereocenters. The Balaban J connectivity index is 1.73. The van der Waals surface area contributed by atoms with Crippen LogP contribution in [0.2, 0.25) is 0 Å². The van der Waals surface area contributed by atoms with E-state index in [0.29, 0.717) is 11.8 Å². The van der Waals surface area contributed by atoms with Crippen molar-refractivity contribution in [2.24, 2.45) is 0 Å². The van der Waals surface area contributed by atoms with Gasteiger partial charge in [0.2, 0.25) is 0 Å². The minimum Gasteiger partial charge on any atom is -0.508 e. The molecule has 1 fully saturated rings. The molecule has 0 aromatic heterocycles. The molecule has 2 N–H and O–H groups in total. The molecule has 1 aliphatic rings. The number of hydrogen-bond donors (Lipinski definition) is 2. The van der Waals surface area contributed by atoms with Crippen molar-refractivity contribution in [1.82, 2.24) is 5.32 Å². The number of para-hydroxylation sites is 1. The molecule has 0 aliphatic carbocycles. The Morgan fingerprint density at radius 1 is 1.38 bits per heavy atom. The molecule has 0 bridgehead atoms. The van der Waals surface area contributed by atoms with E-state index in [1.54, 1.807) is 6.07 Å². The molecule has 2 rings (SSSR count). The second-order valence-electron chi connectivity index (χ2n) is 4.25. The normalized spacial score (nSPS) is 20.9. The summed E-state index contributed by atoms with van der Waals surface area (Å²) in [4.78, 5) is 0. The van der Waals surface area contributed by atoms with E-state index in [2.05, 4.69) is 5.32 Å². The number of hydrogen-bond acceptors (Lipinski definition) is 3. The monoisotopic (exact) mass is 237 g/mol. The van der Waals surface area contributed by atoms with Crippen LogP contribution in [0.5, 0.6) is 5.75 Å². The van der Waals surface area contributed by atoms with Crippen LogP contribution in [-0.2, 0) is 6.42 Å². The van der Waals surface area contributed by atoms with E-state index in [1.165, 1.54) is 24.3 Å². The van der Waals surface area contributed by atoms with Crippen LogP contribution >= 0.6 is 11.8 Å². The fourth-order valence-electron chi connectivity index (χ4n) is 2.03. The second kappa shape index (κ2) is 6.16. The van der Waals surface area contributed by atoms with Crippen LogP contribution in [0.15, 0.2) is 24.3 Å². The van der Waals surface area contributed by atoms with Crippen molar-refractivity contribution in [2.45, 2.75) is 25.3 Å². The zero-order chi connectivity index (χ0) is 11.2. The van der Waals surface area contributed by atoms with Crippen molar-refractivity contribution in [1.29, 1.82) is 0 Å². The summed E-state index contributed by atoms with van der Waals surface area (Å²) in [6.45, 7) is 0.961. The average molecular weight is 237 g/mol. The number of aromatic hydroxyl groups is 1. The number of rotatable bonds is 4. The molecule has 0 amide bonds. The van der Waals surface area contributed by atoms with Gasteiger partial charge in [-0.2, -0.15) is 11.8 Å². The smallest absolute Gasteiger partial charge is 0.118 e. The van der Waals surface area contributed by atoms with Crippen molar-refractivity contribution in [3.05, 3.63) is 29.8 Å². The largest absolute Gasteiger partial charge is 0.508 e. The number of phenols is 1. The molecule has 1 saturated heterocycles. The quantitative estimate of drug-likeness (QED) is 0.843. The minimum absolute atomic E-state index is 0.419. The molecule has 1 aliphatic heterocycles. The first-order chi connectivity index (χ1) is 7.86. The SMILES string of the molecule is Oc1ccccc1CCNC1CCCSC1. The van der Waals surface area contributed by atoms with Gasteiger partial charge >= 0.3 is 0 Å². The summed E-state index contributed by atoms with van der Waals surface area (Å²) in [5, 5.41) is 13.2. The molecular formula is C13H19NOS. The third-order valence-electron chi connectivity index (χ3n) is 2.98. The fourth-order valence-corrected chi connectivity index (χ4v) is 3.14. The molecule has 2 nitrogen and oxygen atoms in total. The summed E-state index contributed by atoms with van der Waals surface area (Å²) in [6.07, 6.45) is 3.54. The summed E-state index contributed by atoms with van der Waals surface area (Å²) in [5.41, 5.74) is 1.04. The number of nitrogens with one attached hydrogen (secondary N) is 1. The van der Waals surface area contributed by atoms with Gasteiger partial charge in [0.15, 0.2) is 0 Å². The van der Waals surface area contributed by atoms with Crippen LogP contribution in [0, 0.1) is 0 Å². The van der Waals surface area contributed by atoms with Crippen LogP contribution in [0.25, 0.3) is 0 Å². The van der Waals surface area contributed by atoms with Gasteiger partial charge in [-0.25, -0.2) is 0 Å². The Hall–Kier alpha value is -0.670. The highest BCUT2D eigenvalue weighted by atomic mass is 32.2. The van der Waals surface area contributed by atoms with Gasteiger partial charge in [-0.15, -0.1) is 0 Å². The van der Waals surface area contributed by atoms with Crippen LogP contribution in [0.1, 0.15) is 18.4 Å². The first kappa shape index (κ1) is 11.8. The Bertz CT molecular complexity index is 323. The molecular weight excluding hydrogens is 218 g/mol. The van der Waals surface area contributed by atoms with E-state index in [4.69, 9.17) is 0 Å². The molecule has 0 spiro atoms. The van der Waals surface area contributed by atoms with Crippen LogP contribution < -0.4 is 5.32 Å². The summed E-state index contributed by atoms with van der Waals surface area (Å²) >= 11 is 2.04. The van der Waals surface area contributed by atoms with Gasteiger partial charge in [0.05, 0.1) is 0 Å². The van der Waals surface area contributed by atoms with Gasteiger partial charge < -0.3 is 10.4 Å². The molecule has 16 heavy (non-hydrogen) atoms. The molecule has 1 aromatic carbocycles. The number of thioether (sulfide) groups is 1. The molecule has 88 valence electrons. The maximum absolute atomic E-state index is 9.62.